The van der Waals surface area contributed by atoms with Crippen LogP contribution in [0.15, 0.2) is 4.90 Å². The highest BCUT2D eigenvalue weighted by Gasteiger charge is 2.27. The van der Waals surface area contributed by atoms with Crippen LogP contribution in [-0.4, -0.2) is 31.4 Å². The highest BCUT2D eigenvalue weighted by molar-refractivity contribution is 7.99. The molecule has 7 heteroatoms. The standard InChI is InChI=1S/C11H16FN3OS2/c1-17-9-7(13)8(10(16)15-6-2-3-6)18-11(9)14-5-4-12/h6,14H,2-5,13H2,1H3,(H,15,16). The van der Waals surface area contributed by atoms with Gasteiger partial charge in [-0.2, -0.15) is 0 Å². The van der Waals surface area contributed by atoms with Gasteiger partial charge in [0.05, 0.1) is 10.6 Å². The molecule has 1 amide bonds. The third-order valence-electron chi connectivity index (χ3n) is 2.60. The molecule has 0 unspecified atom stereocenters. The van der Waals surface area contributed by atoms with E-state index >= 15 is 0 Å². The molecule has 0 atom stereocenters. The van der Waals surface area contributed by atoms with E-state index in [-0.39, 0.29) is 12.5 Å². The summed E-state index contributed by atoms with van der Waals surface area (Å²) >= 11 is 2.76. The van der Waals surface area contributed by atoms with Gasteiger partial charge in [-0.25, -0.2) is 4.39 Å². The highest BCUT2D eigenvalue weighted by Crippen LogP contribution is 2.41. The zero-order valence-corrected chi connectivity index (χ0v) is 11.7. The Kier molecular flexibility index (Phi) is 4.34. The van der Waals surface area contributed by atoms with Gasteiger partial charge in [0.25, 0.3) is 5.91 Å². The number of alkyl halides is 1. The van der Waals surface area contributed by atoms with E-state index in [0.717, 1.165) is 22.7 Å². The third kappa shape index (κ3) is 2.89. The van der Waals surface area contributed by atoms with Crippen LogP contribution in [0.4, 0.5) is 15.1 Å². The summed E-state index contributed by atoms with van der Waals surface area (Å²) in [6.07, 6.45) is 3.97. The molecule has 1 fully saturated rings. The van der Waals surface area contributed by atoms with Crippen LogP contribution in [0.3, 0.4) is 0 Å². The van der Waals surface area contributed by atoms with Gasteiger partial charge in [-0.3, -0.25) is 4.79 Å². The number of nitrogens with two attached hydrogens (primary N) is 1. The molecule has 1 aromatic rings. The van der Waals surface area contributed by atoms with Gasteiger partial charge in [0, 0.05) is 12.6 Å². The molecule has 4 nitrogen and oxygen atoms in total. The van der Waals surface area contributed by atoms with Crippen molar-refractivity contribution in [1.82, 2.24) is 5.32 Å². The van der Waals surface area contributed by atoms with E-state index in [0.29, 0.717) is 16.6 Å². The second-order valence-electron chi connectivity index (χ2n) is 4.07. The normalized spacial score (nSPS) is 14.6. The first kappa shape index (κ1) is 13.5. The number of hydrogen-bond acceptors (Lipinski definition) is 5. The number of thioether (sulfide) groups is 1. The van der Waals surface area contributed by atoms with E-state index in [2.05, 4.69) is 10.6 Å². The lowest BCUT2D eigenvalue weighted by atomic mass is 10.3. The van der Waals surface area contributed by atoms with Gasteiger partial charge in [0.2, 0.25) is 0 Å². The van der Waals surface area contributed by atoms with Crippen molar-refractivity contribution < 1.29 is 9.18 Å². The molecule has 1 aliphatic carbocycles. The van der Waals surface area contributed by atoms with Crippen molar-refractivity contribution in [3.8, 4) is 0 Å². The zero-order chi connectivity index (χ0) is 13.1. The Hall–Kier alpha value is -0.950. The molecule has 18 heavy (non-hydrogen) atoms. The Balaban J connectivity index is 2.18. The molecule has 1 saturated carbocycles. The van der Waals surface area contributed by atoms with Crippen LogP contribution in [0, 0.1) is 0 Å². The minimum Gasteiger partial charge on any atom is -0.396 e. The Morgan fingerprint density at radius 2 is 2.33 bits per heavy atom. The van der Waals surface area contributed by atoms with Crippen molar-refractivity contribution in [2.24, 2.45) is 0 Å². The van der Waals surface area contributed by atoms with E-state index < -0.39 is 6.67 Å². The summed E-state index contributed by atoms with van der Waals surface area (Å²) in [5, 5.41) is 6.65. The number of hydrogen-bond donors (Lipinski definition) is 3. The smallest absolute Gasteiger partial charge is 0.263 e. The number of nitrogens with one attached hydrogen (secondary N) is 2. The van der Waals surface area contributed by atoms with Crippen LogP contribution in [0.2, 0.25) is 0 Å². The van der Waals surface area contributed by atoms with Gasteiger partial charge in [-0.15, -0.1) is 23.1 Å². The fourth-order valence-corrected chi connectivity index (χ4v) is 3.52. The molecule has 0 saturated heterocycles. The zero-order valence-electron chi connectivity index (χ0n) is 10.1. The lowest BCUT2D eigenvalue weighted by Crippen LogP contribution is -2.25. The Morgan fingerprint density at radius 3 is 2.89 bits per heavy atom. The van der Waals surface area contributed by atoms with Crippen molar-refractivity contribution in [2.75, 3.05) is 30.5 Å². The minimum absolute atomic E-state index is 0.122. The number of nitrogen functional groups attached to an aromatic ring is 1. The summed E-state index contributed by atoms with van der Waals surface area (Å²) in [7, 11) is 0. The summed E-state index contributed by atoms with van der Waals surface area (Å²) in [4.78, 5) is 13.3. The lowest BCUT2D eigenvalue weighted by molar-refractivity contribution is 0.0956. The number of anilines is 2. The maximum absolute atomic E-state index is 12.2. The molecule has 1 aromatic heterocycles. The predicted octanol–water partition coefficient (Wildman–Crippen LogP) is 2.33. The molecule has 1 heterocycles. The van der Waals surface area contributed by atoms with Crippen LogP contribution >= 0.6 is 23.1 Å². The second kappa shape index (κ2) is 5.79. The quantitative estimate of drug-likeness (QED) is 0.703. The number of thiophene rings is 1. The summed E-state index contributed by atoms with van der Waals surface area (Å²) in [5.41, 5.74) is 6.47. The average molecular weight is 289 g/mol. The predicted molar refractivity (Wildman–Crippen MR) is 75.5 cm³/mol. The van der Waals surface area contributed by atoms with E-state index in [1.807, 2.05) is 6.26 Å². The number of halogens is 1. The van der Waals surface area contributed by atoms with Crippen molar-refractivity contribution >= 4 is 39.7 Å². The monoisotopic (exact) mass is 289 g/mol. The first-order valence-electron chi connectivity index (χ1n) is 5.74. The van der Waals surface area contributed by atoms with Crippen LogP contribution in [0.5, 0.6) is 0 Å². The maximum Gasteiger partial charge on any atom is 0.263 e. The molecule has 0 spiro atoms. The van der Waals surface area contributed by atoms with Crippen molar-refractivity contribution in [1.29, 1.82) is 0 Å². The summed E-state index contributed by atoms with van der Waals surface area (Å²) < 4.78 is 12.2. The highest BCUT2D eigenvalue weighted by atomic mass is 32.2. The van der Waals surface area contributed by atoms with Gasteiger partial charge in [0.15, 0.2) is 0 Å². The Labute approximate surface area is 114 Å². The number of carbonyl (C=O) groups excluding carboxylic acids is 1. The van der Waals surface area contributed by atoms with E-state index in [4.69, 9.17) is 5.73 Å². The van der Waals surface area contributed by atoms with E-state index in [9.17, 15) is 9.18 Å². The van der Waals surface area contributed by atoms with Crippen molar-refractivity contribution in [2.45, 2.75) is 23.8 Å². The molecule has 4 N–H and O–H groups in total. The van der Waals surface area contributed by atoms with Crippen molar-refractivity contribution in [3.05, 3.63) is 4.88 Å². The van der Waals surface area contributed by atoms with E-state index in [1.165, 1.54) is 23.1 Å². The second-order valence-corrected chi connectivity index (χ2v) is 5.91. The first-order chi connectivity index (χ1) is 8.67. The molecule has 0 bridgehead atoms. The van der Waals surface area contributed by atoms with Crippen LogP contribution in [-0.2, 0) is 0 Å². The molecule has 2 rings (SSSR count). The van der Waals surface area contributed by atoms with Crippen LogP contribution < -0.4 is 16.4 Å². The first-order valence-corrected chi connectivity index (χ1v) is 7.78. The van der Waals surface area contributed by atoms with Crippen molar-refractivity contribution in [3.63, 3.8) is 0 Å². The number of rotatable bonds is 6. The van der Waals surface area contributed by atoms with E-state index in [1.54, 1.807) is 0 Å². The largest absolute Gasteiger partial charge is 0.396 e. The Morgan fingerprint density at radius 1 is 1.61 bits per heavy atom. The van der Waals surface area contributed by atoms with Gasteiger partial charge in [-0.1, -0.05) is 0 Å². The fraction of sp³-hybridized carbons (Fsp3) is 0.545. The SMILES string of the molecule is CSc1c(NCCF)sc(C(=O)NC2CC2)c1N. The van der Waals surface area contributed by atoms with Crippen LogP contribution in [0.25, 0.3) is 0 Å². The summed E-state index contributed by atoms with van der Waals surface area (Å²) in [6.45, 7) is -0.216. The van der Waals surface area contributed by atoms with Gasteiger partial charge in [0.1, 0.15) is 16.6 Å². The number of carbonyl (C=O) groups is 1. The molecule has 1 aliphatic rings. The maximum atomic E-state index is 12.2. The molecule has 100 valence electrons. The Bertz CT molecular complexity index is 446. The van der Waals surface area contributed by atoms with Gasteiger partial charge >= 0.3 is 0 Å². The third-order valence-corrected chi connectivity index (χ3v) is 4.73. The molecular weight excluding hydrogens is 273 g/mol. The molecule has 0 aromatic carbocycles. The molecule has 0 aliphatic heterocycles. The summed E-state index contributed by atoms with van der Waals surface area (Å²) in [5.74, 6) is -0.122. The summed E-state index contributed by atoms with van der Waals surface area (Å²) in [6, 6.07) is 0.305. The van der Waals surface area contributed by atoms with Gasteiger partial charge in [-0.05, 0) is 19.1 Å². The van der Waals surface area contributed by atoms with Crippen LogP contribution in [0.1, 0.15) is 22.5 Å². The average Bonchev–Trinajstić information content (AvgIpc) is 3.10. The lowest BCUT2D eigenvalue weighted by Gasteiger charge is -2.03. The van der Waals surface area contributed by atoms with Gasteiger partial charge < -0.3 is 16.4 Å². The fourth-order valence-electron chi connectivity index (χ4n) is 1.56. The molecular formula is C11H16FN3OS2. The topological polar surface area (TPSA) is 67.2 Å². The minimum atomic E-state index is -0.449. The molecule has 0 radical (unpaired) electrons. The number of amides is 1.